The molecule has 5 heteroatoms. The average molecular weight is 319 g/mol. The lowest BCUT2D eigenvalue weighted by Crippen LogP contribution is -2.40. The van der Waals surface area contributed by atoms with Crippen molar-refractivity contribution in [3.8, 4) is 0 Å². The predicted octanol–water partition coefficient (Wildman–Crippen LogP) is 2.71. The Balaban J connectivity index is 1.55. The van der Waals surface area contributed by atoms with Crippen molar-refractivity contribution in [3.05, 3.63) is 59.9 Å². The third-order valence-electron chi connectivity index (χ3n) is 4.64. The number of aromatic nitrogens is 2. The van der Waals surface area contributed by atoms with Gasteiger partial charge in [0.05, 0.1) is 17.6 Å². The van der Waals surface area contributed by atoms with Crippen LogP contribution >= 0.6 is 0 Å². The highest BCUT2D eigenvalue weighted by Gasteiger charge is 2.22. The van der Waals surface area contributed by atoms with Gasteiger partial charge in [-0.2, -0.15) is 0 Å². The van der Waals surface area contributed by atoms with Crippen molar-refractivity contribution >= 4 is 22.7 Å². The predicted molar refractivity (Wildman–Crippen MR) is 98.4 cm³/mol. The van der Waals surface area contributed by atoms with E-state index in [1.807, 2.05) is 25.2 Å². The largest absolute Gasteiger partial charge is 0.349 e. The summed E-state index contributed by atoms with van der Waals surface area (Å²) >= 11 is 0. The van der Waals surface area contributed by atoms with Crippen molar-refractivity contribution in [1.82, 2.24) is 14.9 Å². The van der Waals surface area contributed by atoms with E-state index in [1.165, 1.54) is 11.3 Å². The molecule has 0 saturated heterocycles. The smallest absolute Gasteiger partial charge is 0.198 e. The molecule has 24 heavy (non-hydrogen) atoms. The third kappa shape index (κ3) is 2.42. The lowest BCUT2D eigenvalue weighted by Gasteiger charge is -2.22. The van der Waals surface area contributed by atoms with Crippen LogP contribution in [0.15, 0.2) is 53.5 Å². The van der Waals surface area contributed by atoms with Crippen LogP contribution in [0.25, 0.3) is 11.0 Å². The van der Waals surface area contributed by atoms with Crippen LogP contribution in [0, 0.1) is 0 Å². The zero-order chi connectivity index (χ0) is 16.5. The SMILES string of the molecule is CN=C(NCc1nc2ccccc2n1C)N1CCc2ccccc21. The molecule has 0 saturated carbocycles. The molecule has 122 valence electrons. The third-order valence-corrected chi connectivity index (χ3v) is 4.64. The molecule has 0 amide bonds. The Morgan fingerprint density at radius 3 is 2.79 bits per heavy atom. The van der Waals surface area contributed by atoms with Crippen molar-refractivity contribution in [2.75, 3.05) is 18.5 Å². The summed E-state index contributed by atoms with van der Waals surface area (Å²) in [5.74, 6) is 1.90. The highest BCUT2D eigenvalue weighted by molar-refractivity contribution is 5.97. The van der Waals surface area contributed by atoms with Gasteiger partial charge in [-0.25, -0.2) is 4.98 Å². The normalized spacial score (nSPS) is 14.2. The first-order chi connectivity index (χ1) is 11.8. The second kappa shape index (κ2) is 6.00. The number of imidazole rings is 1. The molecule has 0 fully saturated rings. The fraction of sp³-hybridized carbons (Fsp3) is 0.263. The highest BCUT2D eigenvalue weighted by atomic mass is 15.3. The maximum absolute atomic E-state index is 4.72. The molecule has 0 aliphatic carbocycles. The second-order valence-corrected chi connectivity index (χ2v) is 6.01. The summed E-state index contributed by atoms with van der Waals surface area (Å²) in [6.45, 7) is 1.61. The molecule has 1 aromatic heterocycles. The molecular weight excluding hydrogens is 298 g/mol. The Morgan fingerprint density at radius 1 is 1.17 bits per heavy atom. The van der Waals surface area contributed by atoms with Crippen LogP contribution in [-0.2, 0) is 20.0 Å². The van der Waals surface area contributed by atoms with Gasteiger partial charge in [-0.05, 0) is 30.2 Å². The number of fused-ring (bicyclic) bond motifs is 2. The minimum Gasteiger partial charge on any atom is -0.349 e. The highest BCUT2D eigenvalue weighted by Crippen LogP contribution is 2.27. The Kier molecular flexibility index (Phi) is 3.69. The standard InChI is InChI=1S/C19H21N5/c1-20-19(24-12-11-14-7-3-5-9-16(14)24)21-13-18-22-15-8-4-6-10-17(15)23(18)2/h3-10H,11-13H2,1-2H3,(H,20,21). The molecule has 0 unspecified atom stereocenters. The molecule has 4 rings (SSSR count). The van der Waals surface area contributed by atoms with Gasteiger partial charge in [0, 0.05) is 26.3 Å². The van der Waals surface area contributed by atoms with E-state index >= 15 is 0 Å². The van der Waals surface area contributed by atoms with Crippen molar-refractivity contribution in [1.29, 1.82) is 0 Å². The van der Waals surface area contributed by atoms with Crippen LogP contribution in [0.2, 0.25) is 0 Å². The number of nitrogens with one attached hydrogen (secondary N) is 1. The number of aryl methyl sites for hydroxylation is 1. The Morgan fingerprint density at radius 2 is 1.96 bits per heavy atom. The van der Waals surface area contributed by atoms with Crippen LogP contribution in [-0.4, -0.2) is 29.1 Å². The molecule has 5 nitrogen and oxygen atoms in total. The maximum atomic E-state index is 4.72. The first-order valence-electron chi connectivity index (χ1n) is 8.24. The molecule has 1 aliphatic rings. The maximum Gasteiger partial charge on any atom is 0.198 e. The van der Waals surface area contributed by atoms with Gasteiger partial charge in [0.2, 0.25) is 0 Å². The van der Waals surface area contributed by atoms with E-state index in [4.69, 9.17) is 4.98 Å². The zero-order valence-electron chi connectivity index (χ0n) is 14.0. The van der Waals surface area contributed by atoms with Crippen LogP contribution in [0.4, 0.5) is 5.69 Å². The Labute approximate surface area is 141 Å². The van der Waals surface area contributed by atoms with Gasteiger partial charge in [-0.3, -0.25) is 4.99 Å². The number of anilines is 1. The first-order valence-corrected chi connectivity index (χ1v) is 8.24. The van der Waals surface area contributed by atoms with Gasteiger partial charge in [0.1, 0.15) is 5.82 Å². The fourth-order valence-electron chi connectivity index (χ4n) is 3.37. The zero-order valence-corrected chi connectivity index (χ0v) is 14.0. The number of aliphatic imine (C=N–C) groups is 1. The van der Waals surface area contributed by atoms with Crippen molar-refractivity contribution in [2.24, 2.45) is 12.0 Å². The molecule has 0 bridgehead atoms. The van der Waals surface area contributed by atoms with Gasteiger partial charge in [-0.1, -0.05) is 30.3 Å². The van der Waals surface area contributed by atoms with E-state index in [1.54, 1.807) is 0 Å². The summed E-state index contributed by atoms with van der Waals surface area (Å²) in [6.07, 6.45) is 1.06. The quantitative estimate of drug-likeness (QED) is 0.583. The molecule has 1 N–H and O–H groups in total. The minimum absolute atomic E-state index is 0.649. The fourth-order valence-corrected chi connectivity index (χ4v) is 3.37. The van der Waals surface area contributed by atoms with Crippen LogP contribution in [0.5, 0.6) is 0 Å². The van der Waals surface area contributed by atoms with E-state index in [-0.39, 0.29) is 0 Å². The lowest BCUT2D eigenvalue weighted by molar-refractivity contribution is 0.753. The van der Waals surface area contributed by atoms with Gasteiger partial charge < -0.3 is 14.8 Å². The summed E-state index contributed by atoms with van der Waals surface area (Å²) in [5, 5.41) is 3.46. The van der Waals surface area contributed by atoms with Gasteiger partial charge in [-0.15, -0.1) is 0 Å². The number of para-hydroxylation sites is 3. The van der Waals surface area contributed by atoms with Crippen LogP contribution in [0.3, 0.4) is 0 Å². The number of nitrogens with zero attached hydrogens (tertiary/aromatic N) is 4. The summed E-state index contributed by atoms with van der Waals surface area (Å²) in [6, 6.07) is 16.7. The molecule has 2 heterocycles. The number of hydrogen-bond acceptors (Lipinski definition) is 2. The second-order valence-electron chi connectivity index (χ2n) is 6.01. The van der Waals surface area contributed by atoms with Gasteiger partial charge in [0.25, 0.3) is 0 Å². The molecule has 1 aliphatic heterocycles. The summed E-state index contributed by atoms with van der Waals surface area (Å²) in [7, 11) is 3.89. The summed E-state index contributed by atoms with van der Waals surface area (Å²) in [5.41, 5.74) is 4.80. The van der Waals surface area contributed by atoms with Crippen molar-refractivity contribution in [2.45, 2.75) is 13.0 Å². The van der Waals surface area contributed by atoms with E-state index < -0.39 is 0 Å². The van der Waals surface area contributed by atoms with Crippen molar-refractivity contribution in [3.63, 3.8) is 0 Å². The summed E-state index contributed by atoms with van der Waals surface area (Å²) < 4.78 is 2.13. The van der Waals surface area contributed by atoms with Crippen molar-refractivity contribution < 1.29 is 0 Å². The molecular formula is C19H21N5. The minimum atomic E-state index is 0.649. The van der Waals surface area contributed by atoms with E-state index in [9.17, 15) is 0 Å². The van der Waals surface area contributed by atoms with E-state index in [0.29, 0.717) is 6.54 Å². The Hall–Kier alpha value is -2.82. The first kappa shape index (κ1) is 14.8. The van der Waals surface area contributed by atoms with E-state index in [2.05, 4.69) is 57.2 Å². The topological polar surface area (TPSA) is 45.5 Å². The lowest BCUT2D eigenvalue weighted by atomic mass is 10.2. The Bertz CT molecular complexity index is 909. The number of benzene rings is 2. The summed E-state index contributed by atoms with van der Waals surface area (Å²) in [4.78, 5) is 11.4. The molecule has 0 atom stereocenters. The molecule has 0 spiro atoms. The monoisotopic (exact) mass is 319 g/mol. The average Bonchev–Trinajstić information content (AvgIpc) is 3.18. The van der Waals surface area contributed by atoms with Gasteiger partial charge in [0.15, 0.2) is 5.96 Å². The van der Waals surface area contributed by atoms with Crippen LogP contribution in [0.1, 0.15) is 11.4 Å². The van der Waals surface area contributed by atoms with Crippen LogP contribution < -0.4 is 10.2 Å². The van der Waals surface area contributed by atoms with Gasteiger partial charge >= 0.3 is 0 Å². The number of rotatable bonds is 2. The number of guanidine groups is 1. The number of hydrogen-bond donors (Lipinski definition) is 1. The molecule has 3 aromatic rings. The molecule has 0 radical (unpaired) electrons. The van der Waals surface area contributed by atoms with E-state index in [0.717, 1.165) is 35.8 Å². The molecule has 2 aromatic carbocycles.